The second-order valence-corrected chi connectivity index (χ2v) is 5.07. The molecule has 110 valence electrons. The van der Waals surface area contributed by atoms with Gasteiger partial charge in [0.15, 0.2) is 0 Å². The lowest BCUT2D eigenvalue weighted by atomic mass is 10.2. The van der Waals surface area contributed by atoms with Crippen LogP contribution in [0.25, 0.3) is 0 Å². The van der Waals surface area contributed by atoms with Gasteiger partial charge < -0.3 is 15.5 Å². The molecule has 1 fully saturated rings. The first-order chi connectivity index (χ1) is 10.4. The van der Waals surface area contributed by atoms with Crippen LogP contribution in [0.2, 0.25) is 0 Å². The Labute approximate surface area is 124 Å². The van der Waals surface area contributed by atoms with Gasteiger partial charge in [0.25, 0.3) is 0 Å². The van der Waals surface area contributed by atoms with E-state index in [1.807, 2.05) is 25.4 Å². The molecule has 1 aliphatic heterocycles. The van der Waals surface area contributed by atoms with Crippen LogP contribution in [0.3, 0.4) is 0 Å². The molecule has 1 aliphatic rings. The topological polar surface area (TPSA) is 66.0 Å². The molecule has 6 nitrogen and oxygen atoms in total. The van der Waals surface area contributed by atoms with Gasteiger partial charge >= 0.3 is 0 Å². The van der Waals surface area contributed by atoms with Crippen molar-refractivity contribution in [2.45, 2.75) is 19.4 Å². The third kappa shape index (κ3) is 3.21. The van der Waals surface area contributed by atoms with E-state index in [9.17, 15) is 0 Å². The van der Waals surface area contributed by atoms with Gasteiger partial charge in [0.1, 0.15) is 23.8 Å². The highest BCUT2D eigenvalue weighted by Gasteiger charge is 2.16. The molecule has 0 bridgehead atoms. The van der Waals surface area contributed by atoms with E-state index >= 15 is 0 Å². The molecule has 3 rings (SSSR count). The van der Waals surface area contributed by atoms with E-state index in [4.69, 9.17) is 0 Å². The Balaban J connectivity index is 1.72. The van der Waals surface area contributed by atoms with Crippen molar-refractivity contribution >= 4 is 17.5 Å². The second kappa shape index (κ2) is 6.39. The van der Waals surface area contributed by atoms with Crippen molar-refractivity contribution in [2.75, 3.05) is 35.7 Å². The number of nitrogens with one attached hydrogen (secondary N) is 2. The number of aromatic nitrogens is 3. The predicted octanol–water partition coefficient (Wildman–Crippen LogP) is 2.13. The molecule has 1 saturated heterocycles. The standard InChI is InChI=1S/C15H20N6/c1-16-13-9-14(20-11-19-13)18-10-12-5-4-6-17-15(12)21-7-2-3-8-21/h4-6,9,11H,2-3,7-8,10H2,1H3,(H2,16,18,19,20). The van der Waals surface area contributed by atoms with E-state index in [0.29, 0.717) is 6.54 Å². The highest BCUT2D eigenvalue weighted by atomic mass is 15.2. The number of anilines is 3. The monoisotopic (exact) mass is 284 g/mol. The second-order valence-electron chi connectivity index (χ2n) is 5.07. The summed E-state index contributed by atoms with van der Waals surface area (Å²) in [6.45, 7) is 2.91. The number of nitrogens with zero attached hydrogens (tertiary/aromatic N) is 4. The first kappa shape index (κ1) is 13.6. The summed E-state index contributed by atoms with van der Waals surface area (Å²) in [5.41, 5.74) is 1.20. The largest absolute Gasteiger partial charge is 0.373 e. The average Bonchev–Trinajstić information content (AvgIpc) is 3.08. The van der Waals surface area contributed by atoms with Crippen molar-refractivity contribution in [3.8, 4) is 0 Å². The van der Waals surface area contributed by atoms with Gasteiger partial charge in [-0.05, 0) is 18.9 Å². The zero-order valence-corrected chi connectivity index (χ0v) is 12.2. The zero-order chi connectivity index (χ0) is 14.5. The molecule has 0 unspecified atom stereocenters. The lowest BCUT2D eigenvalue weighted by molar-refractivity contribution is 0.914. The number of hydrogen-bond acceptors (Lipinski definition) is 6. The molecule has 3 heterocycles. The van der Waals surface area contributed by atoms with Crippen molar-refractivity contribution in [1.29, 1.82) is 0 Å². The molecule has 0 amide bonds. The molecule has 6 heteroatoms. The lowest BCUT2D eigenvalue weighted by Crippen LogP contribution is -2.21. The Morgan fingerprint density at radius 3 is 2.76 bits per heavy atom. The van der Waals surface area contributed by atoms with Crippen LogP contribution in [0.4, 0.5) is 17.5 Å². The summed E-state index contributed by atoms with van der Waals surface area (Å²) < 4.78 is 0. The molecule has 2 N–H and O–H groups in total. The zero-order valence-electron chi connectivity index (χ0n) is 12.2. The quantitative estimate of drug-likeness (QED) is 0.877. The minimum Gasteiger partial charge on any atom is -0.373 e. The maximum atomic E-state index is 4.55. The molecule has 0 radical (unpaired) electrons. The molecule has 0 aliphatic carbocycles. The van der Waals surface area contributed by atoms with Gasteiger partial charge in [-0.25, -0.2) is 15.0 Å². The highest BCUT2D eigenvalue weighted by Crippen LogP contribution is 2.22. The Hall–Kier alpha value is -2.37. The molecule has 0 saturated carbocycles. The fraction of sp³-hybridized carbons (Fsp3) is 0.400. The normalized spacial score (nSPS) is 14.2. The fourth-order valence-electron chi connectivity index (χ4n) is 2.56. The molecule has 21 heavy (non-hydrogen) atoms. The van der Waals surface area contributed by atoms with Gasteiger partial charge in [-0.3, -0.25) is 0 Å². The van der Waals surface area contributed by atoms with Crippen molar-refractivity contribution < 1.29 is 0 Å². The van der Waals surface area contributed by atoms with Gasteiger partial charge in [-0.15, -0.1) is 0 Å². The maximum Gasteiger partial charge on any atom is 0.133 e. The van der Waals surface area contributed by atoms with Crippen LogP contribution in [-0.4, -0.2) is 35.1 Å². The van der Waals surface area contributed by atoms with Crippen LogP contribution in [0.15, 0.2) is 30.7 Å². The van der Waals surface area contributed by atoms with Gasteiger partial charge in [-0.2, -0.15) is 0 Å². The molecule has 2 aromatic heterocycles. The minimum absolute atomic E-state index is 0.708. The van der Waals surface area contributed by atoms with Crippen molar-refractivity contribution in [2.24, 2.45) is 0 Å². The minimum atomic E-state index is 0.708. The molecule has 0 atom stereocenters. The molecule has 0 spiro atoms. The Morgan fingerprint density at radius 2 is 1.95 bits per heavy atom. The van der Waals surface area contributed by atoms with E-state index in [2.05, 4.69) is 36.6 Å². The Bertz CT molecular complexity index is 594. The summed E-state index contributed by atoms with van der Waals surface area (Å²) >= 11 is 0. The van der Waals surface area contributed by atoms with Gasteiger partial charge in [-0.1, -0.05) is 6.07 Å². The third-order valence-corrected chi connectivity index (χ3v) is 3.66. The average molecular weight is 284 g/mol. The fourth-order valence-corrected chi connectivity index (χ4v) is 2.56. The van der Waals surface area contributed by atoms with Gasteiger partial charge in [0.2, 0.25) is 0 Å². The summed E-state index contributed by atoms with van der Waals surface area (Å²) in [6.07, 6.45) is 5.92. The first-order valence-electron chi connectivity index (χ1n) is 7.29. The van der Waals surface area contributed by atoms with E-state index in [0.717, 1.165) is 30.5 Å². The number of rotatable bonds is 5. The SMILES string of the molecule is CNc1cc(NCc2cccnc2N2CCCC2)ncn1. The smallest absolute Gasteiger partial charge is 0.133 e. The van der Waals surface area contributed by atoms with Gasteiger partial charge in [0.05, 0.1) is 0 Å². The summed E-state index contributed by atoms with van der Waals surface area (Å²) in [5, 5.41) is 6.35. The van der Waals surface area contributed by atoms with Crippen LogP contribution in [0, 0.1) is 0 Å². The van der Waals surface area contributed by atoms with Crippen molar-refractivity contribution in [1.82, 2.24) is 15.0 Å². The van der Waals surface area contributed by atoms with Crippen LogP contribution in [0.5, 0.6) is 0 Å². The summed E-state index contributed by atoms with van der Waals surface area (Å²) in [6, 6.07) is 6.00. The van der Waals surface area contributed by atoms with Crippen LogP contribution in [-0.2, 0) is 6.54 Å². The Morgan fingerprint density at radius 1 is 1.14 bits per heavy atom. The number of hydrogen-bond donors (Lipinski definition) is 2. The lowest BCUT2D eigenvalue weighted by Gasteiger charge is -2.20. The molecular weight excluding hydrogens is 264 g/mol. The van der Waals surface area contributed by atoms with E-state index in [1.54, 1.807) is 6.33 Å². The van der Waals surface area contributed by atoms with E-state index in [1.165, 1.54) is 18.4 Å². The van der Waals surface area contributed by atoms with E-state index < -0.39 is 0 Å². The van der Waals surface area contributed by atoms with E-state index in [-0.39, 0.29) is 0 Å². The van der Waals surface area contributed by atoms with Crippen LogP contribution in [0.1, 0.15) is 18.4 Å². The van der Waals surface area contributed by atoms with Crippen LogP contribution >= 0.6 is 0 Å². The van der Waals surface area contributed by atoms with Crippen LogP contribution < -0.4 is 15.5 Å². The predicted molar refractivity (Wildman–Crippen MR) is 84.6 cm³/mol. The highest BCUT2D eigenvalue weighted by molar-refractivity contribution is 5.51. The Kier molecular flexibility index (Phi) is 4.14. The molecule has 2 aromatic rings. The molecular formula is C15H20N6. The molecule has 0 aromatic carbocycles. The maximum absolute atomic E-state index is 4.55. The number of pyridine rings is 1. The summed E-state index contributed by atoms with van der Waals surface area (Å²) in [5.74, 6) is 2.70. The first-order valence-corrected chi connectivity index (χ1v) is 7.29. The van der Waals surface area contributed by atoms with Crippen molar-refractivity contribution in [3.05, 3.63) is 36.3 Å². The summed E-state index contributed by atoms with van der Waals surface area (Å²) in [7, 11) is 1.85. The van der Waals surface area contributed by atoms with Crippen molar-refractivity contribution in [3.63, 3.8) is 0 Å². The summed E-state index contributed by atoms with van der Waals surface area (Å²) in [4.78, 5) is 15.2. The van der Waals surface area contributed by atoms with Gasteiger partial charge in [0, 0.05) is 44.5 Å². The third-order valence-electron chi connectivity index (χ3n) is 3.66.